The molecule has 138 valence electrons. The first-order valence-corrected chi connectivity index (χ1v) is 9.83. The van der Waals surface area contributed by atoms with Crippen LogP contribution in [0.5, 0.6) is 0 Å². The van der Waals surface area contributed by atoms with E-state index in [1.807, 2.05) is 41.5 Å². The van der Waals surface area contributed by atoms with Gasteiger partial charge in [-0.3, -0.25) is 4.68 Å². The quantitative estimate of drug-likeness (QED) is 0.682. The first-order chi connectivity index (χ1) is 11.2. The van der Waals surface area contributed by atoms with Crippen molar-refractivity contribution in [2.75, 3.05) is 13.2 Å². The molecule has 1 aromatic rings. The Balaban J connectivity index is 0. The van der Waals surface area contributed by atoms with Crippen molar-refractivity contribution in [3.63, 3.8) is 0 Å². The zero-order valence-electron chi connectivity index (χ0n) is 17.3. The molecule has 1 aliphatic rings. The van der Waals surface area contributed by atoms with Crippen LogP contribution in [0, 0.1) is 19.8 Å². The number of rotatable bonds is 4. The first kappa shape index (κ1) is 24.4. The van der Waals surface area contributed by atoms with E-state index in [1.165, 1.54) is 36.2 Å². The Morgan fingerprint density at radius 1 is 1.00 bits per heavy atom. The third-order valence-electron chi connectivity index (χ3n) is 4.03. The van der Waals surface area contributed by atoms with E-state index < -0.39 is 0 Å². The van der Waals surface area contributed by atoms with Crippen LogP contribution in [0.2, 0.25) is 0 Å². The maximum atomic E-state index is 5.39. The predicted molar refractivity (Wildman–Crippen MR) is 103 cm³/mol. The molecule has 0 bridgehead atoms. The molecule has 0 saturated carbocycles. The summed E-state index contributed by atoms with van der Waals surface area (Å²) in [5.74, 6) is 0.831. The van der Waals surface area contributed by atoms with E-state index >= 15 is 0 Å². The average Bonchev–Trinajstić information content (AvgIpc) is 2.93. The lowest BCUT2D eigenvalue weighted by Crippen LogP contribution is -2.18. The van der Waals surface area contributed by atoms with Gasteiger partial charge in [-0.1, -0.05) is 48.5 Å². The standard InChI is InChI=1S/C14H24N2O.3C2H6/c1-4-14-11(2)12(3)16(15-14)8-5-13-6-9-17-10-7-13;3*1-2/h13H,4-10H2,1-3H3;3*1-2H3. The van der Waals surface area contributed by atoms with Crippen molar-refractivity contribution in [2.24, 2.45) is 5.92 Å². The van der Waals surface area contributed by atoms with Gasteiger partial charge in [-0.2, -0.15) is 5.10 Å². The lowest BCUT2D eigenvalue weighted by Gasteiger charge is -2.21. The van der Waals surface area contributed by atoms with E-state index in [1.54, 1.807) is 0 Å². The van der Waals surface area contributed by atoms with Gasteiger partial charge in [0.15, 0.2) is 0 Å². The van der Waals surface area contributed by atoms with Gasteiger partial charge in [-0.25, -0.2) is 0 Å². The smallest absolute Gasteiger partial charge is 0.0653 e. The van der Waals surface area contributed by atoms with Crippen LogP contribution in [0.3, 0.4) is 0 Å². The third kappa shape index (κ3) is 8.55. The SMILES string of the molecule is CC.CC.CC.CCc1nn(CCC2CCOCC2)c(C)c1C. The van der Waals surface area contributed by atoms with Crippen molar-refractivity contribution in [3.8, 4) is 0 Å². The Morgan fingerprint density at radius 3 is 1.96 bits per heavy atom. The Morgan fingerprint density at radius 2 is 1.52 bits per heavy atom. The van der Waals surface area contributed by atoms with E-state index in [9.17, 15) is 0 Å². The molecule has 0 N–H and O–H groups in total. The number of ether oxygens (including phenoxy) is 1. The molecule has 0 radical (unpaired) electrons. The first-order valence-electron chi connectivity index (χ1n) is 9.83. The summed E-state index contributed by atoms with van der Waals surface area (Å²) in [5.41, 5.74) is 3.97. The van der Waals surface area contributed by atoms with E-state index in [2.05, 4.69) is 25.5 Å². The van der Waals surface area contributed by atoms with Gasteiger partial charge in [0, 0.05) is 25.5 Å². The summed E-state index contributed by atoms with van der Waals surface area (Å²) >= 11 is 0. The largest absolute Gasteiger partial charge is 0.381 e. The van der Waals surface area contributed by atoms with Crippen LogP contribution in [-0.4, -0.2) is 23.0 Å². The fourth-order valence-corrected chi connectivity index (χ4v) is 2.59. The van der Waals surface area contributed by atoms with Crippen LogP contribution < -0.4 is 0 Å². The molecule has 1 saturated heterocycles. The van der Waals surface area contributed by atoms with Crippen molar-refractivity contribution in [2.45, 2.75) is 94.5 Å². The van der Waals surface area contributed by atoms with Gasteiger partial charge in [-0.05, 0) is 51.0 Å². The Bertz CT molecular complexity index is 366. The van der Waals surface area contributed by atoms with Crippen LogP contribution in [0.25, 0.3) is 0 Å². The minimum atomic E-state index is 0.831. The molecule has 0 atom stereocenters. The van der Waals surface area contributed by atoms with Gasteiger partial charge in [0.05, 0.1) is 5.69 Å². The summed E-state index contributed by atoms with van der Waals surface area (Å²) in [5, 5.41) is 4.70. The zero-order chi connectivity index (χ0) is 18.3. The number of aromatic nitrogens is 2. The number of nitrogens with zero attached hydrogens (tertiary/aromatic N) is 2. The fraction of sp³-hybridized carbons (Fsp3) is 0.850. The molecule has 0 aromatic carbocycles. The van der Waals surface area contributed by atoms with Crippen LogP contribution in [-0.2, 0) is 17.7 Å². The highest BCUT2D eigenvalue weighted by atomic mass is 16.5. The normalized spacial score (nSPS) is 13.8. The highest BCUT2D eigenvalue weighted by molar-refractivity contribution is 5.23. The van der Waals surface area contributed by atoms with Crippen molar-refractivity contribution < 1.29 is 4.74 Å². The third-order valence-corrected chi connectivity index (χ3v) is 4.03. The van der Waals surface area contributed by atoms with Crippen LogP contribution in [0.15, 0.2) is 0 Å². The Hall–Kier alpha value is -0.830. The summed E-state index contributed by atoms with van der Waals surface area (Å²) in [6.07, 6.45) is 4.73. The Kier molecular flexibility index (Phi) is 17.0. The molecule has 3 heteroatoms. The summed E-state index contributed by atoms with van der Waals surface area (Å²) in [6.45, 7) is 21.5. The fourth-order valence-electron chi connectivity index (χ4n) is 2.59. The molecule has 2 rings (SSSR count). The molecule has 1 aliphatic heterocycles. The second-order valence-electron chi connectivity index (χ2n) is 5.08. The minimum absolute atomic E-state index is 0.831. The van der Waals surface area contributed by atoms with Crippen LogP contribution in [0.4, 0.5) is 0 Å². The van der Waals surface area contributed by atoms with Crippen molar-refractivity contribution >= 4 is 0 Å². The van der Waals surface area contributed by atoms with Crippen molar-refractivity contribution in [3.05, 3.63) is 17.0 Å². The van der Waals surface area contributed by atoms with Gasteiger partial charge in [0.1, 0.15) is 0 Å². The summed E-state index contributed by atoms with van der Waals surface area (Å²) in [7, 11) is 0. The number of hydrogen-bond acceptors (Lipinski definition) is 2. The van der Waals surface area contributed by atoms with Gasteiger partial charge in [0.2, 0.25) is 0 Å². The molecule has 1 fully saturated rings. The Labute approximate surface area is 145 Å². The second-order valence-corrected chi connectivity index (χ2v) is 5.08. The molecular formula is C20H42N2O. The zero-order valence-corrected chi connectivity index (χ0v) is 17.3. The van der Waals surface area contributed by atoms with Gasteiger partial charge < -0.3 is 4.74 Å². The monoisotopic (exact) mass is 326 g/mol. The summed E-state index contributed by atoms with van der Waals surface area (Å²) in [6, 6.07) is 0. The lowest BCUT2D eigenvalue weighted by molar-refractivity contribution is 0.0622. The van der Waals surface area contributed by atoms with Gasteiger partial charge in [-0.15, -0.1) is 0 Å². The minimum Gasteiger partial charge on any atom is -0.381 e. The van der Waals surface area contributed by atoms with Crippen LogP contribution >= 0.6 is 0 Å². The molecule has 2 heterocycles. The molecule has 0 spiro atoms. The number of aryl methyl sites for hydroxylation is 2. The molecule has 0 aliphatic carbocycles. The lowest BCUT2D eigenvalue weighted by atomic mass is 9.97. The second kappa shape index (κ2) is 16.0. The highest BCUT2D eigenvalue weighted by Crippen LogP contribution is 2.20. The van der Waals surface area contributed by atoms with E-state index in [4.69, 9.17) is 9.84 Å². The molecule has 3 nitrogen and oxygen atoms in total. The topological polar surface area (TPSA) is 27.1 Å². The maximum Gasteiger partial charge on any atom is 0.0653 e. The van der Waals surface area contributed by atoms with E-state index in [0.29, 0.717) is 0 Å². The predicted octanol–water partition coefficient (Wildman–Crippen LogP) is 5.96. The van der Waals surface area contributed by atoms with E-state index in [-0.39, 0.29) is 0 Å². The van der Waals surface area contributed by atoms with Crippen LogP contribution in [0.1, 0.15) is 84.7 Å². The number of hydrogen-bond donors (Lipinski definition) is 0. The highest BCUT2D eigenvalue weighted by Gasteiger charge is 2.15. The summed E-state index contributed by atoms with van der Waals surface area (Å²) in [4.78, 5) is 0. The average molecular weight is 327 g/mol. The van der Waals surface area contributed by atoms with Gasteiger partial charge >= 0.3 is 0 Å². The maximum absolute atomic E-state index is 5.39. The molecule has 0 unspecified atom stereocenters. The summed E-state index contributed by atoms with van der Waals surface area (Å²) < 4.78 is 7.59. The van der Waals surface area contributed by atoms with E-state index in [0.717, 1.165) is 32.1 Å². The molecular weight excluding hydrogens is 284 g/mol. The molecule has 23 heavy (non-hydrogen) atoms. The molecule has 1 aromatic heterocycles. The molecule has 0 amide bonds. The van der Waals surface area contributed by atoms with Crippen molar-refractivity contribution in [1.82, 2.24) is 9.78 Å². The van der Waals surface area contributed by atoms with Gasteiger partial charge in [0.25, 0.3) is 0 Å². The van der Waals surface area contributed by atoms with Crippen molar-refractivity contribution in [1.29, 1.82) is 0 Å².